The van der Waals surface area contributed by atoms with Crippen LogP contribution in [0.2, 0.25) is 0 Å². The van der Waals surface area contributed by atoms with Crippen LogP contribution in [0.5, 0.6) is 5.75 Å². The summed E-state index contributed by atoms with van der Waals surface area (Å²) in [6, 6.07) is 6.57. The molecule has 2 rings (SSSR count). The fourth-order valence-electron chi connectivity index (χ4n) is 3.16. The zero-order chi connectivity index (χ0) is 20.8. The molecule has 1 aliphatic heterocycles. The Bertz CT molecular complexity index is 812. The maximum atomic E-state index is 13.4. The van der Waals surface area contributed by atoms with Crippen molar-refractivity contribution >= 4 is 17.7 Å². The molecule has 1 aromatic carbocycles. The molecule has 150 valence electrons. The smallest absolute Gasteiger partial charge is 0.336 e. The van der Waals surface area contributed by atoms with Gasteiger partial charge in [0.2, 0.25) is 0 Å². The van der Waals surface area contributed by atoms with Gasteiger partial charge in [-0.15, -0.1) is 0 Å². The van der Waals surface area contributed by atoms with Crippen molar-refractivity contribution in [2.45, 2.75) is 27.7 Å². The van der Waals surface area contributed by atoms with Gasteiger partial charge < -0.3 is 19.5 Å². The van der Waals surface area contributed by atoms with Gasteiger partial charge in [-0.1, -0.05) is 12.1 Å². The lowest BCUT2D eigenvalue weighted by molar-refractivity contribution is -0.139. The molecule has 0 bridgehead atoms. The number of benzene rings is 1. The Balaban J connectivity index is 2.62. The summed E-state index contributed by atoms with van der Waals surface area (Å²) in [5.41, 5.74) is 1.44. The number of carbonyl (C=O) groups is 3. The van der Waals surface area contributed by atoms with Crippen molar-refractivity contribution in [1.82, 2.24) is 5.32 Å². The normalized spacial score (nSPS) is 14.5. The first-order chi connectivity index (χ1) is 13.3. The molecule has 0 unspecified atom stereocenters. The Morgan fingerprint density at radius 1 is 0.964 bits per heavy atom. The molecule has 1 aliphatic rings. The molecular weight excluding hydrogens is 362 g/mol. The van der Waals surface area contributed by atoms with E-state index >= 15 is 0 Å². The van der Waals surface area contributed by atoms with Crippen molar-refractivity contribution in [2.75, 3.05) is 20.3 Å². The highest BCUT2D eigenvalue weighted by molar-refractivity contribution is 6.12. The maximum Gasteiger partial charge on any atom is 0.336 e. The lowest BCUT2D eigenvalue weighted by Gasteiger charge is -2.29. The van der Waals surface area contributed by atoms with E-state index in [1.54, 1.807) is 52.0 Å². The maximum absolute atomic E-state index is 13.4. The van der Waals surface area contributed by atoms with Gasteiger partial charge in [0.1, 0.15) is 5.75 Å². The minimum atomic E-state index is -1.13. The third-order valence-corrected chi connectivity index (χ3v) is 4.37. The van der Waals surface area contributed by atoms with E-state index in [1.807, 2.05) is 0 Å². The summed E-state index contributed by atoms with van der Waals surface area (Å²) in [6.45, 7) is 6.99. The van der Waals surface area contributed by atoms with Gasteiger partial charge >= 0.3 is 11.9 Å². The summed E-state index contributed by atoms with van der Waals surface area (Å²) in [6.07, 6.45) is 0. The SMILES string of the molecule is CCOC(=O)C1=C(C)NC(C)=C(C(=O)OCC)C1C(=O)c1cccc(OC)c1. The van der Waals surface area contributed by atoms with Gasteiger partial charge in [-0.05, 0) is 39.8 Å². The van der Waals surface area contributed by atoms with Crippen molar-refractivity contribution in [2.24, 2.45) is 5.92 Å². The van der Waals surface area contributed by atoms with Gasteiger partial charge in [0.05, 0.1) is 37.4 Å². The molecule has 0 saturated heterocycles. The zero-order valence-electron chi connectivity index (χ0n) is 16.8. The van der Waals surface area contributed by atoms with E-state index in [0.29, 0.717) is 22.7 Å². The molecule has 28 heavy (non-hydrogen) atoms. The number of esters is 2. The van der Waals surface area contributed by atoms with Crippen LogP contribution in [0.4, 0.5) is 0 Å². The number of ketones is 1. The van der Waals surface area contributed by atoms with Gasteiger partial charge in [-0.3, -0.25) is 4.79 Å². The molecule has 0 spiro atoms. The number of dihydropyridines is 1. The number of Topliss-reactive ketones (excluding diaryl/α,β-unsaturated/α-hetero) is 1. The van der Waals surface area contributed by atoms with Crippen molar-refractivity contribution in [1.29, 1.82) is 0 Å². The molecule has 0 aromatic heterocycles. The molecular formula is C21H25NO6. The number of hydrogen-bond acceptors (Lipinski definition) is 7. The number of methoxy groups -OCH3 is 1. The van der Waals surface area contributed by atoms with Crippen LogP contribution in [0.3, 0.4) is 0 Å². The summed E-state index contributed by atoms with van der Waals surface area (Å²) in [5, 5.41) is 3.00. The van der Waals surface area contributed by atoms with Crippen molar-refractivity contribution in [3.63, 3.8) is 0 Å². The van der Waals surface area contributed by atoms with Crippen molar-refractivity contribution in [3.05, 3.63) is 52.4 Å². The lowest BCUT2D eigenvalue weighted by atomic mass is 9.80. The molecule has 1 aromatic rings. The number of hydrogen-bond donors (Lipinski definition) is 1. The topological polar surface area (TPSA) is 90.9 Å². The van der Waals surface area contributed by atoms with Crippen LogP contribution in [0.15, 0.2) is 46.8 Å². The van der Waals surface area contributed by atoms with Crippen molar-refractivity contribution in [3.8, 4) is 5.75 Å². The number of allylic oxidation sites excluding steroid dienone is 2. The Hall–Kier alpha value is -3.09. The standard InChI is InChI=1S/C21H25NO6/c1-6-27-20(24)16-12(3)22-13(4)17(21(25)28-7-2)18(16)19(23)14-9-8-10-15(11-14)26-5/h8-11,18,22H,6-7H2,1-5H3. The highest BCUT2D eigenvalue weighted by atomic mass is 16.5. The first-order valence-corrected chi connectivity index (χ1v) is 9.06. The summed E-state index contributed by atoms with van der Waals surface area (Å²) in [7, 11) is 1.50. The Kier molecular flexibility index (Phi) is 6.98. The predicted octanol–water partition coefficient (Wildman–Crippen LogP) is 2.77. The number of ether oxygens (including phenoxy) is 3. The van der Waals surface area contributed by atoms with E-state index in [4.69, 9.17) is 14.2 Å². The molecule has 7 nitrogen and oxygen atoms in total. The van der Waals surface area contributed by atoms with E-state index < -0.39 is 23.6 Å². The largest absolute Gasteiger partial charge is 0.497 e. The molecule has 1 heterocycles. The van der Waals surface area contributed by atoms with Crippen LogP contribution in [0.25, 0.3) is 0 Å². The number of carbonyl (C=O) groups excluding carboxylic acids is 3. The van der Waals surface area contributed by atoms with Crippen LogP contribution in [-0.2, 0) is 19.1 Å². The highest BCUT2D eigenvalue weighted by Gasteiger charge is 2.41. The average molecular weight is 387 g/mol. The minimum absolute atomic E-state index is 0.100. The van der Waals surface area contributed by atoms with E-state index in [1.165, 1.54) is 7.11 Å². The van der Waals surface area contributed by atoms with Crippen LogP contribution < -0.4 is 10.1 Å². The fraction of sp³-hybridized carbons (Fsp3) is 0.381. The average Bonchev–Trinajstić information content (AvgIpc) is 2.67. The van der Waals surface area contributed by atoms with Crippen LogP contribution in [0.1, 0.15) is 38.1 Å². The first kappa shape index (κ1) is 21.2. The third kappa shape index (κ3) is 4.24. The van der Waals surface area contributed by atoms with E-state index in [9.17, 15) is 14.4 Å². The molecule has 0 aliphatic carbocycles. The van der Waals surface area contributed by atoms with Crippen LogP contribution in [-0.4, -0.2) is 38.0 Å². The van der Waals surface area contributed by atoms with E-state index in [2.05, 4.69) is 5.32 Å². The highest BCUT2D eigenvalue weighted by Crippen LogP contribution is 2.34. The predicted molar refractivity (Wildman–Crippen MR) is 103 cm³/mol. The van der Waals surface area contributed by atoms with E-state index in [-0.39, 0.29) is 24.4 Å². The van der Waals surface area contributed by atoms with Gasteiger partial charge in [-0.25, -0.2) is 9.59 Å². The molecule has 0 amide bonds. The second kappa shape index (κ2) is 9.21. The van der Waals surface area contributed by atoms with Gasteiger partial charge in [0, 0.05) is 17.0 Å². The minimum Gasteiger partial charge on any atom is -0.497 e. The van der Waals surface area contributed by atoms with E-state index in [0.717, 1.165) is 0 Å². The third-order valence-electron chi connectivity index (χ3n) is 4.37. The molecule has 0 radical (unpaired) electrons. The second-order valence-electron chi connectivity index (χ2n) is 6.17. The zero-order valence-corrected chi connectivity index (χ0v) is 16.8. The molecule has 7 heteroatoms. The summed E-state index contributed by atoms with van der Waals surface area (Å²) < 4.78 is 15.5. The van der Waals surface area contributed by atoms with Gasteiger partial charge in [0.25, 0.3) is 0 Å². The first-order valence-electron chi connectivity index (χ1n) is 9.06. The van der Waals surface area contributed by atoms with Crippen LogP contribution in [0, 0.1) is 5.92 Å². The number of rotatable bonds is 7. The number of nitrogens with one attached hydrogen (secondary N) is 1. The summed E-state index contributed by atoms with van der Waals surface area (Å²) in [4.78, 5) is 38.7. The van der Waals surface area contributed by atoms with Crippen LogP contribution >= 0.6 is 0 Å². The van der Waals surface area contributed by atoms with Gasteiger partial charge in [0.15, 0.2) is 5.78 Å². The summed E-state index contributed by atoms with van der Waals surface area (Å²) in [5.74, 6) is -2.35. The summed E-state index contributed by atoms with van der Waals surface area (Å²) >= 11 is 0. The van der Waals surface area contributed by atoms with Gasteiger partial charge in [-0.2, -0.15) is 0 Å². The molecule has 1 N–H and O–H groups in total. The monoisotopic (exact) mass is 387 g/mol. The second-order valence-corrected chi connectivity index (χ2v) is 6.17. The van der Waals surface area contributed by atoms with Crippen molar-refractivity contribution < 1.29 is 28.6 Å². The molecule has 0 atom stereocenters. The molecule has 0 fully saturated rings. The fourth-order valence-corrected chi connectivity index (χ4v) is 3.16. The Morgan fingerprint density at radius 2 is 1.50 bits per heavy atom. The quantitative estimate of drug-likeness (QED) is 0.568. The lowest BCUT2D eigenvalue weighted by Crippen LogP contribution is -2.37. The molecule has 0 saturated carbocycles. The Morgan fingerprint density at radius 3 is 1.96 bits per heavy atom. The Labute approximate surface area is 164 Å².